The summed E-state index contributed by atoms with van der Waals surface area (Å²) in [6.07, 6.45) is 5.64. The minimum absolute atomic E-state index is 0.355. The van der Waals surface area contributed by atoms with E-state index in [1.807, 2.05) is 13.2 Å². The van der Waals surface area contributed by atoms with Gasteiger partial charge in [0.2, 0.25) is 0 Å². The molecular formula is C14H24N4S2. The first-order chi connectivity index (χ1) is 9.65. The highest BCUT2D eigenvalue weighted by atomic mass is 32.2. The van der Waals surface area contributed by atoms with Gasteiger partial charge in [-0.3, -0.25) is 4.99 Å². The van der Waals surface area contributed by atoms with Crippen LogP contribution in [-0.2, 0) is 13.0 Å². The first kappa shape index (κ1) is 15.6. The molecule has 20 heavy (non-hydrogen) atoms. The molecule has 1 fully saturated rings. The van der Waals surface area contributed by atoms with Crippen molar-refractivity contribution in [2.45, 2.75) is 44.4 Å². The van der Waals surface area contributed by atoms with Crippen LogP contribution in [0.15, 0.2) is 11.2 Å². The van der Waals surface area contributed by atoms with E-state index in [9.17, 15) is 0 Å². The van der Waals surface area contributed by atoms with Gasteiger partial charge in [-0.15, -0.1) is 11.3 Å². The fraction of sp³-hybridized carbons (Fsp3) is 0.714. The molecule has 4 nitrogen and oxygen atoms in total. The Labute approximate surface area is 129 Å². The third kappa shape index (κ3) is 4.38. The van der Waals surface area contributed by atoms with Crippen LogP contribution in [-0.4, -0.2) is 35.0 Å². The van der Waals surface area contributed by atoms with Crippen LogP contribution in [0.5, 0.6) is 0 Å². The van der Waals surface area contributed by atoms with Crippen molar-refractivity contribution in [3.05, 3.63) is 16.1 Å². The van der Waals surface area contributed by atoms with Crippen molar-refractivity contribution in [3.8, 4) is 0 Å². The quantitative estimate of drug-likeness (QED) is 0.648. The van der Waals surface area contributed by atoms with Gasteiger partial charge in [-0.2, -0.15) is 11.8 Å². The van der Waals surface area contributed by atoms with E-state index in [0.717, 1.165) is 30.5 Å². The van der Waals surface area contributed by atoms with Crippen LogP contribution in [0.25, 0.3) is 0 Å². The molecule has 1 saturated heterocycles. The van der Waals surface area contributed by atoms with Crippen LogP contribution < -0.4 is 10.6 Å². The van der Waals surface area contributed by atoms with Crippen LogP contribution in [0.4, 0.5) is 0 Å². The maximum Gasteiger partial charge on any atom is 0.191 e. The molecule has 2 rings (SSSR count). The van der Waals surface area contributed by atoms with Gasteiger partial charge in [0.25, 0.3) is 0 Å². The van der Waals surface area contributed by atoms with E-state index in [0.29, 0.717) is 4.75 Å². The molecular weight excluding hydrogens is 288 g/mol. The molecule has 0 amide bonds. The van der Waals surface area contributed by atoms with Crippen molar-refractivity contribution in [3.63, 3.8) is 0 Å². The first-order valence-corrected chi connectivity index (χ1v) is 8.97. The predicted molar refractivity (Wildman–Crippen MR) is 89.8 cm³/mol. The highest BCUT2D eigenvalue weighted by Crippen LogP contribution is 2.36. The average molecular weight is 313 g/mol. The molecule has 6 heteroatoms. The zero-order valence-corrected chi connectivity index (χ0v) is 14.2. The molecule has 0 radical (unpaired) electrons. The molecule has 0 saturated carbocycles. The summed E-state index contributed by atoms with van der Waals surface area (Å²) < 4.78 is 0.355. The summed E-state index contributed by atoms with van der Waals surface area (Å²) in [7, 11) is 1.82. The molecule has 112 valence electrons. The Morgan fingerprint density at radius 1 is 1.50 bits per heavy atom. The van der Waals surface area contributed by atoms with Crippen LogP contribution in [0.3, 0.4) is 0 Å². The minimum atomic E-state index is 0.355. The van der Waals surface area contributed by atoms with Crippen molar-refractivity contribution in [1.29, 1.82) is 0 Å². The molecule has 1 atom stereocenters. The normalized spacial score (nSPS) is 23.1. The molecule has 2 heterocycles. The summed E-state index contributed by atoms with van der Waals surface area (Å²) >= 11 is 3.83. The average Bonchev–Trinajstić information content (AvgIpc) is 3.08. The van der Waals surface area contributed by atoms with Gasteiger partial charge < -0.3 is 10.6 Å². The van der Waals surface area contributed by atoms with E-state index in [1.165, 1.54) is 23.5 Å². The summed E-state index contributed by atoms with van der Waals surface area (Å²) in [5, 5.41) is 7.90. The number of hydrogen-bond acceptors (Lipinski definition) is 4. The number of rotatable bonds is 5. The summed E-state index contributed by atoms with van der Waals surface area (Å²) in [5.41, 5.74) is 0. The van der Waals surface area contributed by atoms with Crippen molar-refractivity contribution in [2.75, 3.05) is 19.3 Å². The molecule has 2 N–H and O–H groups in total. The number of guanidine groups is 1. The Bertz CT molecular complexity index is 450. The minimum Gasteiger partial charge on any atom is -0.355 e. The third-order valence-electron chi connectivity index (χ3n) is 3.51. The van der Waals surface area contributed by atoms with Crippen molar-refractivity contribution < 1.29 is 0 Å². The molecule has 0 aromatic carbocycles. The second-order valence-corrected chi connectivity index (χ2v) is 8.14. The fourth-order valence-corrected chi connectivity index (χ4v) is 4.27. The molecule has 0 aliphatic carbocycles. The number of thiazole rings is 1. The molecule has 1 aliphatic rings. The SMILES string of the molecule is CCc1cnc(CNC(=NC)NCC2(C)CCCS2)s1. The maximum atomic E-state index is 4.41. The number of hydrogen-bond donors (Lipinski definition) is 2. The summed E-state index contributed by atoms with van der Waals surface area (Å²) in [4.78, 5) is 10.0. The van der Waals surface area contributed by atoms with E-state index in [-0.39, 0.29) is 0 Å². The Morgan fingerprint density at radius 3 is 2.95 bits per heavy atom. The maximum absolute atomic E-state index is 4.41. The lowest BCUT2D eigenvalue weighted by atomic mass is 10.1. The van der Waals surface area contributed by atoms with Gasteiger partial charge in [-0.25, -0.2) is 4.98 Å². The lowest BCUT2D eigenvalue weighted by molar-refractivity contribution is 0.584. The molecule has 0 bridgehead atoms. The molecule has 1 unspecified atom stereocenters. The smallest absolute Gasteiger partial charge is 0.191 e. The number of thioether (sulfide) groups is 1. The Kier molecular flexibility index (Phi) is 5.72. The van der Waals surface area contributed by atoms with Crippen LogP contribution >= 0.6 is 23.1 Å². The molecule has 1 aromatic heterocycles. The van der Waals surface area contributed by atoms with Crippen LogP contribution in [0.2, 0.25) is 0 Å². The number of nitrogens with zero attached hydrogens (tertiary/aromatic N) is 2. The number of aromatic nitrogens is 1. The van der Waals surface area contributed by atoms with Crippen LogP contribution in [0.1, 0.15) is 36.6 Å². The Balaban J connectivity index is 1.77. The van der Waals surface area contributed by atoms with Crippen molar-refractivity contribution in [1.82, 2.24) is 15.6 Å². The molecule has 1 aromatic rings. The predicted octanol–water partition coefficient (Wildman–Crippen LogP) is 2.66. The van der Waals surface area contributed by atoms with Gasteiger partial charge in [0.1, 0.15) is 5.01 Å². The number of aliphatic imine (C=N–C) groups is 1. The van der Waals surface area contributed by atoms with E-state index in [2.05, 4.69) is 46.2 Å². The van der Waals surface area contributed by atoms with Crippen LogP contribution in [0, 0.1) is 0 Å². The largest absolute Gasteiger partial charge is 0.355 e. The Hall–Kier alpha value is -0.750. The van der Waals surface area contributed by atoms with E-state index >= 15 is 0 Å². The monoisotopic (exact) mass is 312 g/mol. The second-order valence-electron chi connectivity index (χ2n) is 5.26. The van der Waals surface area contributed by atoms with Gasteiger partial charge in [0.15, 0.2) is 5.96 Å². The Morgan fingerprint density at radius 2 is 2.35 bits per heavy atom. The summed E-state index contributed by atoms with van der Waals surface area (Å²) in [6.45, 7) is 6.20. The standard InChI is InChI=1S/C14H24N4S2/c1-4-11-8-16-12(20-11)9-17-13(15-3)18-10-14(2)6-5-7-19-14/h8H,4-7,9-10H2,1-3H3,(H2,15,17,18). The second kappa shape index (κ2) is 7.31. The lowest BCUT2D eigenvalue weighted by Crippen LogP contribution is -2.43. The third-order valence-corrected chi connectivity index (χ3v) is 6.19. The van der Waals surface area contributed by atoms with E-state index in [4.69, 9.17) is 0 Å². The van der Waals surface area contributed by atoms with Gasteiger partial charge in [-0.05, 0) is 31.9 Å². The van der Waals surface area contributed by atoms with Gasteiger partial charge >= 0.3 is 0 Å². The van der Waals surface area contributed by atoms with E-state index < -0.39 is 0 Å². The van der Waals surface area contributed by atoms with Crippen molar-refractivity contribution >= 4 is 29.1 Å². The lowest BCUT2D eigenvalue weighted by Gasteiger charge is -2.24. The molecule has 0 spiro atoms. The molecule has 1 aliphatic heterocycles. The highest BCUT2D eigenvalue weighted by Gasteiger charge is 2.29. The first-order valence-electron chi connectivity index (χ1n) is 7.17. The van der Waals surface area contributed by atoms with Gasteiger partial charge in [0.05, 0.1) is 6.54 Å². The van der Waals surface area contributed by atoms with E-state index in [1.54, 1.807) is 11.3 Å². The fourth-order valence-electron chi connectivity index (χ4n) is 2.22. The topological polar surface area (TPSA) is 49.3 Å². The van der Waals surface area contributed by atoms with Crippen molar-refractivity contribution in [2.24, 2.45) is 4.99 Å². The van der Waals surface area contributed by atoms with Gasteiger partial charge in [0, 0.05) is 29.4 Å². The zero-order valence-electron chi connectivity index (χ0n) is 12.5. The van der Waals surface area contributed by atoms with Gasteiger partial charge in [-0.1, -0.05) is 6.92 Å². The summed E-state index contributed by atoms with van der Waals surface area (Å²) in [5.74, 6) is 2.15. The number of nitrogens with one attached hydrogen (secondary N) is 2. The highest BCUT2D eigenvalue weighted by molar-refractivity contribution is 8.00. The summed E-state index contributed by atoms with van der Waals surface area (Å²) in [6, 6.07) is 0. The number of aryl methyl sites for hydroxylation is 1. The zero-order chi connectivity index (χ0) is 14.4.